The molecule has 2 fully saturated rings. The van der Waals surface area contributed by atoms with E-state index in [1.54, 1.807) is 0 Å². The molecule has 136 valence electrons. The van der Waals surface area contributed by atoms with Crippen molar-refractivity contribution in [1.29, 1.82) is 0 Å². The van der Waals surface area contributed by atoms with Crippen LogP contribution in [0, 0.1) is 0 Å². The van der Waals surface area contributed by atoms with Crippen molar-refractivity contribution < 1.29 is 4.79 Å². The van der Waals surface area contributed by atoms with E-state index in [0.29, 0.717) is 12.0 Å². The Bertz CT molecular complexity index is 730. The Labute approximate surface area is 154 Å². The van der Waals surface area contributed by atoms with Crippen molar-refractivity contribution in [3.05, 3.63) is 42.2 Å². The minimum Gasteiger partial charge on any atom is -0.351 e. The fraction of sp³-hybridized carbons (Fsp3) is 0.476. The van der Waals surface area contributed by atoms with Crippen molar-refractivity contribution in [1.82, 2.24) is 14.9 Å². The SMILES string of the molecule is O=C(c1ccc(-c2cnc(NC3CCCCC3)nc2)cc1)N1CCCC1. The lowest BCUT2D eigenvalue weighted by Crippen LogP contribution is -2.27. The Kier molecular flexibility index (Phi) is 5.14. The molecule has 1 amide bonds. The number of hydrogen-bond donors (Lipinski definition) is 1. The summed E-state index contributed by atoms with van der Waals surface area (Å²) >= 11 is 0. The van der Waals surface area contributed by atoms with Crippen LogP contribution in [-0.4, -0.2) is 39.9 Å². The molecule has 2 heterocycles. The fourth-order valence-electron chi connectivity index (χ4n) is 3.89. The Morgan fingerprint density at radius 1 is 0.885 bits per heavy atom. The predicted molar refractivity (Wildman–Crippen MR) is 103 cm³/mol. The number of hydrogen-bond acceptors (Lipinski definition) is 4. The summed E-state index contributed by atoms with van der Waals surface area (Å²) in [5.41, 5.74) is 2.76. The fourth-order valence-corrected chi connectivity index (χ4v) is 3.89. The number of carbonyl (C=O) groups excluding carboxylic acids is 1. The Hall–Kier alpha value is -2.43. The van der Waals surface area contributed by atoms with Crippen LogP contribution in [0.25, 0.3) is 11.1 Å². The molecule has 1 saturated carbocycles. The first-order valence-corrected chi connectivity index (χ1v) is 9.78. The lowest BCUT2D eigenvalue weighted by atomic mass is 9.96. The number of nitrogens with one attached hydrogen (secondary N) is 1. The van der Waals surface area contributed by atoms with Crippen molar-refractivity contribution in [2.45, 2.75) is 51.0 Å². The summed E-state index contributed by atoms with van der Waals surface area (Å²) in [5, 5.41) is 3.44. The molecule has 0 spiro atoms. The van der Waals surface area contributed by atoms with Crippen LogP contribution in [0.15, 0.2) is 36.7 Å². The highest BCUT2D eigenvalue weighted by Gasteiger charge is 2.19. The van der Waals surface area contributed by atoms with Crippen LogP contribution < -0.4 is 5.32 Å². The molecular formula is C21H26N4O. The van der Waals surface area contributed by atoms with Gasteiger partial charge in [0.2, 0.25) is 5.95 Å². The average Bonchev–Trinajstić information content (AvgIpc) is 3.24. The summed E-state index contributed by atoms with van der Waals surface area (Å²) in [6.45, 7) is 1.76. The van der Waals surface area contributed by atoms with Crippen LogP contribution in [0.3, 0.4) is 0 Å². The van der Waals surface area contributed by atoms with E-state index >= 15 is 0 Å². The third-order valence-corrected chi connectivity index (χ3v) is 5.45. The van der Waals surface area contributed by atoms with Crippen LogP contribution in [0.4, 0.5) is 5.95 Å². The number of anilines is 1. The molecule has 5 nitrogen and oxygen atoms in total. The highest BCUT2D eigenvalue weighted by atomic mass is 16.2. The van der Waals surface area contributed by atoms with E-state index in [4.69, 9.17) is 0 Å². The van der Waals surface area contributed by atoms with Gasteiger partial charge in [0.25, 0.3) is 5.91 Å². The number of rotatable bonds is 4. The quantitative estimate of drug-likeness (QED) is 0.901. The van der Waals surface area contributed by atoms with E-state index in [1.165, 1.54) is 32.1 Å². The van der Waals surface area contributed by atoms with Gasteiger partial charge in [-0.1, -0.05) is 31.4 Å². The smallest absolute Gasteiger partial charge is 0.253 e. The second-order valence-electron chi connectivity index (χ2n) is 7.35. The highest BCUT2D eigenvalue weighted by Crippen LogP contribution is 2.22. The van der Waals surface area contributed by atoms with Crippen molar-refractivity contribution in [3.63, 3.8) is 0 Å². The molecule has 1 saturated heterocycles. The molecule has 1 N–H and O–H groups in total. The van der Waals surface area contributed by atoms with E-state index in [0.717, 1.165) is 42.6 Å². The number of benzene rings is 1. The van der Waals surface area contributed by atoms with Gasteiger partial charge in [-0.15, -0.1) is 0 Å². The number of nitrogens with zero attached hydrogens (tertiary/aromatic N) is 3. The summed E-state index contributed by atoms with van der Waals surface area (Å²) in [4.78, 5) is 23.3. The Morgan fingerprint density at radius 2 is 1.54 bits per heavy atom. The van der Waals surface area contributed by atoms with Crippen LogP contribution in [0.5, 0.6) is 0 Å². The zero-order chi connectivity index (χ0) is 17.8. The molecule has 2 aromatic rings. The van der Waals surface area contributed by atoms with Gasteiger partial charge in [0.15, 0.2) is 0 Å². The summed E-state index contributed by atoms with van der Waals surface area (Å²) in [5.74, 6) is 0.846. The molecule has 1 aliphatic carbocycles. The Morgan fingerprint density at radius 3 is 2.19 bits per heavy atom. The maximum absolute atomic E-state index is 12.4. The average molecular weight is 350 g/mol. The maximum atomic E-state index is 12.4. The predicted octanol–water partition coefficient (Wildman–Crippen LogP) is 4.12. The van der Waals surface area contributed by atoms with Crippen molar-refractivity contribution in [2.75, 3.05) is 18.4 Å². The normalized spacial score (nSPS) is 18.1. The molecule has 0 unspecified atom stereocenters. The Balaban J connectivity index is 1.41. The number of amides is 1. The van der Waals surface area contributed by atoms with Crippen LogP contribution in [0.2, 0.25) is 0 Å². The van der Waals surface area contributed by atoms with Crippen molar-refractivity contribution >= 4 is 11.9 Å². The molecule has 1 aliphatic heterocycles. The van der Waals surface area contributed by atoms with Gasteiger partial charge in [-0.05, 0) is 43.4 Å². The minimum atomic E-state index is 0.136. The molecule has 2 aliphatic rings. The van der Waals surface area contributed by atoms with Crippen molar-refractivity contribution in [3.8, 4) is 11.1 Å². The van der Waals surface area contributed by atoms with Gasteiger partial charge < -0.3 is 10.2 Å². The van der Waals surface area contributed by atoms with Gasteiger partial charge in [-0.25, -0.2) is 9.97 Å². The third kappa shape index (κ3) is 3.87. The first-order chi connectivity index (χ1) is 12.8. The highest BCUT2D eigenvalue weighted by molar-refractivity contribution is 5.94. The van der Waals surface area contributed by atoms with Gasteiger partial charge in [-0.2, -0.15) is 0 Å². The van der Waals surface area contributed by atoms with E-state index in [9.17, 15) is 4.79 Å². The number of likely N-dealkylation sites (tertiary alicyclic amines) is 1. The molecule has 4 rings (SSSR count). The van der Waals surface area contributed by atoms with Gasteiger partial charge in [0, 0.05) is 42.7 Å². The van der Waals surface area contributed by atoms with Gasteiger partial charge in [0.1, 0.15) is 0 Å². The first kappa shape index (κ1) is 17.0. The van der Waals surface area contributed by atoms with E-state index in [1.807, 2.05) is 41.6 Å². The summed E-state index contributed by atoms with van der Waals surface area (Å²) in [7, 11) is 0. The lowest BCUT2D eigenvalue weighted by Gasteiger charge is -2.22. The van der Waals surface area contributed by atoms with Crippen molar-refractivity contribution in [2.24, 2.45) is 0 Å². The number of carbonyl (C=O) groups is 1. The molecule has 0 bridgehead atoms. The van der Waals surface area contributed by atoms with E-state index < -0.39 is 0 Å². The second-order valence-corrected chi connectivity index (χ2v) is 7.35. The summed E-state index contributed by atoms with van der Waals surface area (Å²) < 4.78 is 0. The van der Waals surface area contributed by atoms with E-state index in [2.05, 4.69) is 15.3 Å². The third-order valence-electron chi connectivity index (χ3n) is 5.45. The standard InChI is InChI=1S/C21H26N4O/c26-20(25-12-4-5-13-25)17-10-8-16(9-11-17)18-14-22-21(23-15-18)24-19-6-2-1-3-7-19/h8-11,14-15,19H,1-7,12-13H2,(H,22,23,24). The summed E-state index contributed by atoms with van der Waals surface area (Å²) in [6.07, 6.45) is 12.3. The molecule has 26 heavy (non-hydrogen) atoms. The molecule has 0 atom stereocenters. The van der Waals surface area contributed by atoms with E-state index in [-0.39, 0.29) is 5.91 Å². The zero-order valence-corrected chi connectivity index (χ0v) is 15.2. The molecule has 1 aromatic carbocycles. The zero-order valence-electron chi connectivity index (χ0n) is 15.2. The molecule has 0 radical (unpaired) electrons. The maximum Gasteiger partial charge on any atom is 0.253 e. The van der Waals surface area contributed by atoms with Gasteiger partial charge in [0.05, 0.1) is 0 Å². The molecule has 1 aromatic heterocycles. The van der Waals surface area contributed by atoms with Gasteiger partial charge in [-0.3, -0.25) is 4.79 Å². The first-order valence-electron chi connectivity index (χ1n) is 9.78. The van der Waals surface area contributed by atoms with Gasteiger partial charge >= 0.3 is 0 Å². The topological polar surface area (TPSA) is 58.1 Å². The van der Waals surface area contributed by atoms with Crippen LogP contribution >= 0.6 is 0 Å². The molecule has 5 heteroatoms. The molecular weight excluding hydrogens is 324 g/mol. The second kappa shape index (κ2) is 7.85. The number of aromatic nitrogens is 2. The lowest BCUT2D eigenvalue weighted by molar-refractivity contribution is 0.0793. The summed E-state index contributed by atoms with van der Waals surface area (Å²) in [6, 6.07) is 8.28. The van der Waals surface area contributed by atoms with Crippen LogP contribution in [0.1, 0.15) is 55.3 Å². The monoisotopic (exact) mass is 350 g/mol. The van der Waals surface area contributed by atoms with Crippen LogP contribution in [-0.2, 0) is 0 Å². The minimum absolute atomic E-state index is 0.136. The largest absolute Gasteiger partial charge is 0.351 e.